The minimum Gasteiger partial charge on any atom is -0.496 e. The summed E-state index contributed by atoms with van der Waals surface area (Å²) < 4.78 is 46.5. The first-order chi connectivity index (χ1) is 10.8. The van der Waals surface area contributed by atoms with Crippen molar-refractivity contribution < 1.29 is 22.6 Å². The number of rotatable bonds is 4. The van der Waals surface area contributed by atoms with Crippen molar-refractivity contribution in [3.8, 4) is 11.5 Å². The molecule has 0 aromatic heterocycles. The van der Waals surface area contributed by atoms with E-state index < -0.39 is 6.36 Å². The maximum absolute atomic E-state index is 12.4. The van der Waals surface area contributed by atoms with E-state index in [0.29, 0.717) is 23.8 Å². The number of fused-ring (bicyclic) bond motifs is 1. The molecule has 2 fully saturated rings. The van der Waals surface area contributed by atoms with Crippen LogP contribution < -0.4 is 15.2 Å². The Bertz CT molecular complexity index is 579. The van der Waals surface area contributed by atoms with Gasteiger partial charge in [0.2, 0.25) is 0 Å². The zero-order valence-corrected chi connectivity index (χ0v) is 13.0. The smallest absolute Gasteiger partial charge is 0.496 e. The van der Waals surface area contributed by atoms with Crippen molar-refractivity contribution >= 4 is 0 Å². The molecular formula is C16H21F3N2O2. The van der Waals surface area contributed by atoms with Gasteiger partial charge in [-0.15, -0.1) is 13.2 Å². The molecule has 1 aliphatic heterocycles. The maximum atomic E-state index is 12.4. The van der Waals surface area contributed by atoms with E-state index in [1.807, 2.05) is 0 Å². The van der Waals surface area contributed by atoms with Crippen LogP contribution in [-0.4, -0.2) is 30.6 Å². The molecule has 1 aromatic rings. The Morgan fingerprint density at radius 1 is 1.35 bits per heavy atom. The fraction of sp³-hybridized carbons (Fsp3) is 0.625. The summed E-state index contributed by atoms with van der Waals surface area (Å²) in [5, 5.41) is 0. The van der Waals surface area contributed by atoms with Crippen molar-refractivity contribution in [1.82, 2.24) is 4.90 Å². The van der Waals surface area contributed by atoms with E-state index in [4.69, 9.17) is 10.5 Å². The van der Waals surface area contributed by atoms with Crippen molar-refractivity contribution in [2.24, 2.45) is 11.7 Å². The minimum atomic E-state index is -4.70. The lowest BCUT2D eigenvalue weighted by Gasteiger charge is -2.35. The molecule has 2 aliphatic rings. The summed E-state index contributed by atoms with van der Waals surface area (Å²) in [6, 6.07) is 4.15. The van der Waals surface area contributed by atoms with E-state index in [9.17, 15) is 13.2 Å². The molecule has 3 rings (SSSR count). The summed E-state index contributed by atoms with van der Waals surface area (Å²) in [5.74, 6) is 0.786. The molecule has 0 bridgehead atoms. The highest BCUT2D eigenvalue weighted by atomic mass is 19.4. The lowest BCUT2D eigenvalue weighted by molar-refractivity contribution is -0.274. The van der Waals surface area contributed by atoms with Crippen molar-refractivity contribution in [3.05, 3.63) is 23.8 Å². The Kier molecular flexibility index (Phi) is 4.18. The van der Waals surface area contributed by atoms with Crippen LogP contribution in [0.3, 0.4) is 0 Å². The number of halogens is 3. The summed E-state index contributed by atoms with van der Waals surface area (Å²) in [4.78, 5) is 2.17. The van der Waals surface area contributed by atoms with Crippen molar-refractivity contribution in [1.29, 1.82) is 0 Å². The fourth-order valence-corrected chi connectivity index (χ4v) is 3.92. The minimum absolute atomic E-state index is 0.235. The molecule has 2 unspecified atom stereocenters. The quantitative estimate of drug-likeness (QED) is 0.921. The van der Waals surface area contributed by atoms with Crippen LogP contribution in [0.5, 0.6) is 11.5 Å². The molecule has 2 N–H and O–H groups in total. The van der Waals surface area contributed by atoms with Crippen LogP contribution in [0, 0.1) is 5.92 Å². The summed E-state index contributed by atoms with van der Waals surface area (Å²) >= 11 is 0. The first-order valence-electron chi connectivity index (χ1n) is 7.78. The molecule has 2 atom stereocenters. The van der Waals surface area contributed by atoms with Crippen molar-refractivity contribution in [2.75, 3.05) is 13.7 Å². The second kappa shape index (κ2) is 5.87. The Labute approximate surface area is 133 Å². The number of ether oxygens (including phenoxy) is 2. The standard InChI is InChI=1S/C16H21F3N2O2/c1-22-14-5-4-13(23-16(17,18)19)9-11(14)10-21-8-6-12-3-2-7-15(12,21)20/h4-5,9,12H,2-3,6-8,10,20H2,1H3. The summed E-state index contributed by atoms with van der Waals surface area (Å²) in [7, 11) is 1.50. The Hall–Kier alpha value is -1.47. The summed E-state index contributed by atoms with van der Waals surface area (Å²) in [5.41, 5.74) is 6.88. The van der Waals surface area contributed by atoms with Crippen molar-refractivity contribution in [2.45, 2.75) is 44.3 Å². The Morgan fingerprint density at radius 2 is 2.13 bits per heavy atom. The zero-order chi connectivity index (χ0) is 16.7. The average Bonchev–Trinajstić information content (AvgIpc) is 2.96. The number of likely N-dealkylation sites (tertiary alicyclic amines) is 1. The Morgan fingerprint density at radius 3 is 2.83 bits per heavy atom. The number of hydrogen-bond acceptors (Lipinski definition) is 4. The lowest BCUT2D eigenvalue weighted by Crippen LogP contribution is -2.52. The van der Waals surface area contributed by atoms with E-state index in [2.05, 4.69) is 9.64 Å². The molecular weight excluding hydrogens is 309 g/mol. The number of methoxy groups -OCH3 is 1. The molecule has 1 aromatic carbocycles. The third-order valence-corrected chi connectivity index (χ3v) is 5.02. The second-order valence-corrected chi connectivity index (χ2v) is 6.31. The van der Waals surface area contributed by atoms with Crippen LogP contribution in [0.4, 0.5) is 13.2 Å². The molecule has 7 heteroatoms. The van der Waals surface area contributed by atoms with Gasteiger partial charge in [-0.25, -0.2) is 0 Å². The molecule has 1 aliphatic carbocycles. The second-order valence-electron chi connectivity index (χ2n) is 6.31. The maximum Gasteiger partial charge on any atom is 0.573 e. The van der Waals surface area contributed by atoms with Gasteiger partial charge >= 0.3 is 6.36 Å². The van der Waals surface area contributed by atoms with E-state index in [1.54, 1.807) is 0 Å². The highest BCUT2D eigenvalue weighted by molar-refractivity contribution is 5.40. The van der Waals surface area contributed by atoms with Gasteiger partial charge in [0.1, 0.15) is 11.5 Å². The molecule has 1 heterocycles. The monoisotopic (exact) mass is 330 g/mol. The van der Waals surface area contributed by atoms with Crippen LogP contribution in [-0.2, 0) is 6.54 Å². The highest BCUT2D eigenvalue weighted by Crippen LogP contribution is 2.44. The summed E-state index contributed by atoms with van der Waals surface area (Å²) in [6.45, 7) is 1.32. The van der Waals surface area contributed by atoms with E-state index in [0.717, 1.165) is 32.2 Å². The van der Waals surface area contributed by atoms with Gasteiger partial charge in [-0.1, -0.05) is 0 Å². The molecule has 23 heavy (non-hydrogen) atoms. The van der Waals surface area contributed by atoms with Gasteiger partial charge in [0.25, 0.3) is 0 Å². The number of hydrogen-bond donors (Lipinski definition) is 1. The highest BCUT2D eigenvalue weighted by Gasteiger charge is 2.48. The number of benzene rings is 1. The molecule has 1 saturated heterocycles. The van der Waals surface area contributed by atoms with E-state index in [-0.39, 0.29) is 11.4 Å². The van der Waals surface area contributed by atoms with Crippen LogP contribution >= 0.6 is 0 Å². The summed E-state index contributed by atoms with van der Waals surface area (Å²) in [6.07, 6.45) is -0.505. The normalized spacial score (nSPS) is 28.0. The van der Waals surface area contributed by atoms with E-state index in [1.165, 1.54) is 25.3 Å². The van der Waals surface area contributed by atoms with Gasteiger partial charge in [0.15, 0.2) is 0 Å². The molecule has 128 valence electrons. The SMILES string of the molecule is COc1ccc(OC(F)(F)F)cc1CN1CCC2CCCC21N. The van der Waals surface area contributed by atoms with Crippen LogP contribution in [0.15, 0.2) is 18.2 Å². The Balaban J connectivity index is 1.82. The van der Waals surface area contributed by atoms with Crippen LogP contribution in [0.1, 0.15) is 31.2 Å². The molecule has 0 spiro atoms. The van der Waals surface area contributed by atoms with Gasteiger partial charge < -0.3 is 15.2 Å². The van der Waals surface area contributed by atoms with Crippen LogP contribution in [0.25, 0.3) is 0 Å². The van der Waals surface area contributed by atoms with Gasteiger partial charge in [-0.05, 0) is 49.8 Å². The average molecular weight is 330 g/mol. The third-order valence-electron chi connectivity index (χ3n) is 5.02. The van der Waals surface area contributed by atoms with Crippen LogP contribution in [0.2, 0.25) is 0 Å². The molecule has 1 saturated carbocycles. The third kappa shape index (κ3) is 3.26. The van der Waals surface area contributed by atoms with Gasteiger partial charge in [-0.2, -0.15) is 0 Å². The molecule has 4 nitrogen and oxygen atoms in total. The van der Waals surface area contributed by atoms with Gasteiger partial charge in [0, 0.05) is 18.7 Å². The van der Waals surface area contributed by atoms with Gasteiger partial charge in [-0.3, -0.25) is 4.90 Å². The number of alkyl halides is 3. The van der Waals surface area contributed by atoms with E-state index >= 15 is 0 Å². The predicted octanol–water partition coefficient (Wildman–Crippen LogP) is 3.25. The number of nitrogens with zero attached hydrogens (tertiary/aromatic N) is 1. The fourth-order valence-electron chi connectivity index (χ4n) is 3.92. The zero-order valence-electron chi connectivity index (χ0n) is 13.0. The predicted molar refractivity (Wildman–Crippen MR) is 79.0 cm³/mol. The molecule has 0 radical (unpaired) electrons. The number of nitrogens with two attached hydrogens (primary N) is 1. The van der Waals surface area contributed by atoms with Crippen molar-refractivity contribution in [3.63, 3.8) is 0 Å². The topological polar surface area (TPSA) is 47.7 Å². The first-order valence-corrected chi connectivity index (χ1v) is 7.78. The lowest BCUT2D eigenvalue weighted by atomic mass is 9.98. The molecule has 0 amide bonds. The van der Waals surface area contributed by atoms with Gasteiger partial charge in [0.05, 0.1) is 12.8 Å². The first kappa shape index (κ1) is 16.4. The largest absolute Gasteiger partial charge is 0.573 e.